The number of hydrogen-bond donors (Lipinski definition) is 0. The van der Waals surface area contributed by atoms with Crippen LogP contribution in [0.5, 0.6) is 0 Å². The van der Waals surface area contributed by atoms with Crippen molar-refractivity contribution in [2.24, 2.45) is 0 Å². The van der Waals surface area contributed by atoms with Crippen molar-refractivity contribution in [2.75, 3.05) is 0 Å². The van der Waals surface area contributed by atoms with Crippen molar-refractivity contribution in [3.8, 4) is 0 Å². The van der Waals surface area contributed by atoms with Gasteiger partial charge in [0.25, 0.3) is 0 Å². The van der Waals surface area contributed by atoms with Gasteiger partial charge in [-0.25, -0.2) is 0 Å². The van der Waals surface area contributed by atoms with Gasteiger partial charge in [-0.15, -0.1) is 0 Å². The maximum absolute atomic E-state index is 10.2. The van der Waals surface area contributed by atoms with Crippen LogP contribution in [0.25, 0.3) is 0 Å². The molecule has 0 aliphatic carbocycles. The third-order valence-corrected chi connectivity index (χ3v) is 4.99. The van der Waals surface area contributed by atoms with Crippen molar-refractivity contribution in [2.45, 2.75) is 110 Å². The third kappa shape index (κ3) is 28.4. The molecule has 1 aromatic rings. The summed E-state index contributed by atoms with van der Waals surface area (Å²) < 4.78 is 0. The van der Waals surface area contributed by atoms with Crippen LogP contribution in [-0.2, 0) is 4.79 Å². The second kappa shape index (κ2) is 28.5. The van der Waals surface area contributed by atoms with Gasteiger partial charge in [0.05, 0.1) is 5.97 Å². The van der Waals surface area contributed by atoms with Gasteiger partial charge < -0.3 is 19.8 Å². The first-order valence-corrected chi connectivity index (χ1v) is 11.5. The largest absolute Gasteiger partial charge is 2.00 e. The van der Waals surface area contributed by atoms with Gasteiger partial charge in [0, 0.05) is 5.97 Å². The van der Waals surface area contributed by atoms with Crippen LogP contribution in [0.3, 0.4) is 0 Å². The van der Waals surface area contributed by atoms with E-state index < -0.39 is 11.9 Å². The number of aromatic carboxylic acids is 1. The molecule has 0 fully saturated rings. The summed E-state index contributed by atoms with van der Waals surface area (Å²) in [6.45, 7) is 2.27. The number of carboxylic acids is 2. The van der Waals surface area contributed by atoms with Crippen LogP contribution >= 0.6 is 0 Å². The third-order valence-electron chi connectivity index (χ3n) is 4.99. The van der Waals surface area contributed by atoms with Crippen molar-refractivity contribution in [3.05, 3.63) is 35.9 Å². The van der Waals surface area contributed by atoms with Crippen molar-refractivity contribution in [1.82, 2.24) is 0 Å². The van der Waals surface area contributed by atoms with E-state index in [2.05, 4.69) is 6.92 Å². The van der Waals surface area contributed by atoms with Gasteiger partial charge in [0.2, 0.25) is 0 Å². The van der Waals surface area contributed by atoms with E-state index >= 15 is 0 Å². The van der Waals surface area contributed by atoms with E-state index in [1.54, 1.807) is 18.2 Å². The molecule has 166 valence electrons. The van der Waals surface area contributed by atoms with Crippen LogP contribution in [0.15, 0.2) is 30.3 Å². The Kier molecular flexibility index (Phi) is 33.0. The van der Waals surface area contributed by atoms with E-state index in [0.29, 0.717) is 0 Å². The zero-order chi connectivity index (χ0) is 21.6. The Morgan fingerprint density at radius 2 is 1.00 bits per heavy atom. The van der Waals surface area contributed by atoms with Gasteiger partial charge in [-0.05, 0) is 18.4 Å². The van der Waals surface area contributed by atoms with E-state index in [4.69, 9.17) is 0 Å². The minimum absolute atomic E-state index is 0. The zero-order valence-corrected chi connectivity index (χ0v) is 24.2. The summed E-state index contributed by atoms with van der Waals surface area (Å²) >= 11 is 0. The first-order chi connectivity index (χ1) is 14.1. The van der Waals surface area contributed by atoms with Crippen LogP contribution in [0.1, 0.15) is 120 Å². The number of rotatable bonds is 17. The van der Waals surface area contributed by atoms with Crippen molar-refractivity contribution in [1.29, 1.82) is 0 Å². The van der Waals surface area contributed by atoms with E-state index in [0.717, 1.165) is 12.8 Å². The number of carbonyl (C=O) groups is 2. The summed E-state index contributed by atoms with van der Waals surface area (Å²) in [4.78, 5) is 20.3. The molecule has 0 atom stereocenters. The van der Waals surface area contributed by atoms with Crippen LogP contribution in [0.4, 0.5) is 0 Å². The molecule has 0 spiro atoms. The second-order valence-electron chi connectivity index (χ2n) is 7.73. The van der Waals surface area contributed by atoms with E-state index in [1.165, 1.54) is 95.6 Å². The maximum atomic E-state index is 10.2. The SMILES string of the molecule is CCCCCCCCCCCCCCCCCC(=O)[O-].O=C([O-])c1ccccc1.[Ca+2].[Na+]. The fraction of sp³-hybridized carbons (Fsp3) is 0.680. The Morgan fingerprint density at radius 3 is 1.29 bits per heavy atom. The molecule has 4 nitrogen and oxygen atoms in total. The summed E-state index contributed by atoms with van der Waals surface area (Å²) in [5.41, 5.74) is 0.220. The summed E-state index contributed by atoms with van der Waals surface area (Å²) in [5.74, 6) is -2.03. The summed E-state index contributed by atoms with van der Waals surface area (Å²) in [6.07, 6.45) is 19.9. The molecule has 0 aliphatic heterocycles. The molecule has 0 aliphatic rings. The first kappa shape index (κ1) is 36.0. The molecule has 0 amide bonds. The first-order valence-electron chi connectivity index (χ1n) is 11.5. The van der Waals surface area contributed by atoms with Gasteiger partial charge in [-0.2, -0.15) is 0 Å². The molecular weight excluding hydrogens is 427 g/mol. The predicted octanol–water partition coefficient (Wildman–Crippen LogP) is 1.67. The molecule has 31 heavy (non-hydrogen) atoms. The molecule has 0 saturated heterocycles. The van der Waals surface area contributed by atoms with E-state index in [1.807, 2.05) is 0 Å². The Morgan fingerprint density at radius 1 is 0.645 bits per heavy atom. The summed E-state index contributed by atoms with van der Waals surface area (Å²) in [7, 11) is 0. The fourth-order valence-corrected chi connectivity index (χ4v) is 3.21. The Hall–Kier alpha value is 0.420. The van der Waals surface area contributed by atoms with E-state index in [9.17, 15) is 19.8 Å². The summed E-state index contributed by atoms with van der Waals surface area (Å²) in [6, 6.07) is 8.06. The molecule has 1 rings (SSSR count). The van der Waals surface area contributed by atoms with Gasteiger partial charge in [-0.3, -0.25) is 0 Å². The molecular formula is C25H40CaNaO4+. The molecule has 1 aromatic carbocycles. The van der Waals surface area contributed by atoms with Crippen LogP contribution in [0, 0.1) is 0 Å². The Labute approximate surface area is 242 Å². The Bertz CT molecular complexity index is 512. The molecule has 0 radical (unpaired) electrons. The molecule has 0 aromatic heterocycles. The Balaban J connectivity index is -0.000000598. The molecule has 6 heteroatoms. The molecule has 0 N–H and O–H groups in total. The smallest absolute Gasteiger partial charge is 0.550 e. The van der Waals surface area contributed by atoms with Crippen LogP contribution in [0.2, 0.25) is 0 Å². The van der Waals surface area contributed by atoms with Crippen LogP contribution in [-0.4, -0.2) is 49.7 Å². The second-order valence-corrected chi connectivity index (χ2v) is 7.73. The number of benzene rings is 1. The minimum Gasteiger partial charge on any atom is -0.550 e. The maximum Gasteiger partial charge on any atom is 2.00 e. The van der Waals surface area contributed by atoms with Gasteiger partial charge in [0.15, 0.2) is 0 Å². The molecule has 0 saturated carbocycles. The standard InChI is InChI=1S/C18H36O2.C7H6O2.Ca.Na/c1-2-3-4-5-6-7-8-9-10-11-12-13-14-15-16-17-18(19)20;8-7(9)6-4-2-1-3-5-6;;/h2-17H2,1H3,(H,19,20);1-5H,(H,8,9);;/q;;+2;+1/p-2. The summed E-state index contributed by atoms with van der Waals surface area (Å²) in [5, 5.41) is 20.3. The van der Waals surface area contributed by atoms with Crippen molar-refractivity contribution in [3.63, 3.8) is 0 Å². The topological polar surface area (TPSA) is 80.3 Å². The quantitative estimate of drug-likeness (QED) is 0.258. The van der Waals surface area contributed by atoms with Gasteiger partial charge >= 0.3 is 67.3 Å². The van der Waals surface area contributed by atoms with E-state index in [-0.39, 0.29) is 79.3 Å². The average molecular weight is 468 g/mol. The number of hydrogen-bond acceptors (Lipinski definition) is 4. The fourth-order valence-electron chi connectivity index (χ4n) is 3.21. The van der Waals surface area contributed by atoms with Crippen molar-refractivity contribution >= 4 is 49.7 Å². The monoisotopic (exact) mass is 467 g/mol. The van der Waals surface area contributed by atoms with Gasteiger partial charge in [-0.1, -0.05) is 127 Å². The molecule has 0 heterocycles. The number of aliphatic carboxylic acids is 1. The minimum atomic E-state index is -1.13. The predicted molar refractivity (Wildman–Crippen MR) is 121 cm³/mol. The number of carboxylic acid groups (broad SMARTS) is 2. The van der Waals surface area contributed by atoms with Gasteiger partial charge in [0.1, 0.15) is 0 Å². The zero-order valence-electron chi connectivity index (χ0n) is 20.0. The molecule has 0 unspecified atom stereocenters. The van der Waals surface area contributed by atoms with Crippen LogP contribution < -0.4 is 39.8 Å². The molecule has 0 bridgehead atoms. The normalized spacial score (nSPS) is 9.58. The van der Waals surface area contributed by atoms with Crippen molar-refractivity contribution < 1.29 is 49.4 Å². The number of carbonyl (C=O) groups excluding carboxylic acids is 2. The average Bonchev–Trinajstić information content (AvgIpc) is 2.72. The number of unbranched alkanes of at least 4 members (excludes halogenated alkanes) is 14.